The van der Waals surface area contributed by atoms with Crippen LogP contribution in [0, 0.1) is 0 Å². The molecule has 0 aromatic heterocycles. The molecule has 1 spiro atoms. The van der Waals surface area contributed by atoms with E-state index in [4.69, 9.17) is 9.47 Å². The van der Waals surface area contributed by atoms with Gasteiger partial charge in [0.05, 0.1) is 24.4 Å². The summed E-state index contributed by atoms with van der Waals surface area (Å²) in [6.07, 6.45) is 6.84. The lowest BCUT2D eigenvalue weighted by Crippen LogP contribution is -2.56. The van der Waals surface area contributed by atoms with E-state index in [0.717, 1.165) is 45.4 Å². The molecule has 0 radical (unpaired) electrons. The Morgan fingerprint density at radius 2 is 2.10 bits per heavy atom. The molecule has 20 heavy (non-hydrogen) atoms. The SMILES string of the molecule is O=C([C@@H]1C[C@@H]2OCC[C@@H]2N1)N1CCOC2(CCCC2)C1. The summed E-state index contributed by atoms with van der Waals surface area (Å²) in [5.41, 5.74) is -0.0289. The van der Waals surface area contributed by atoms with Crippen molar-refractivity contribution in [2.45, 2.75) is 62.3 Å². The molecule has 3 saturated heterocycles. The maximum Gasteiger partial charge on any atom is 0.239 e. The van der Waals surface area contributed by atoms with Crippen molar-refractivity contribution in [3.63, 3.8) is 0 Å². The first-order valence-corrected chi connectivity index (χ1v) is 8.06. The Kier molecular flexibility index (Phi) is 3.24. The average Bonchev–Trinajstić information content (AvgIpc) is 3.13. The number of hydrogen-bond donors (Lipinski definition) is 1. The first-order valence-electron chi connectivity index (χ1n) is 8.06. The van der Waals surface area contributed by atoms with E-state index in [2.05, 4.69) is 5.32 Å². The van der Waals surface area contributed by atoms with Crippen molar-refractivity contribution in [1.82, 2.24) is 10.2 Å². The Balaban J connectivity index is 1.41. The molecule has 0 aromatic rings. The minimum absolute atomic E-state index is 0.0289. The Bertz CT molecular complexity index is 383. The zero-order chi connectivity index (χ0) is 13.6. The summed E-state index contributed by atoms with van der Waals surface area (Å²) in [4.78, 5) is 14.8. The molecule has 4 fully saturated rings. The van der Waals surface area contributed by atoms with E-state index in [-0.39, 0.29) is 23.7 Å². The van der Waals surface area contributed by atoms with Gasteiger partial charge in [-0.25, -0.2) is 0 Å². The van der Waals surface area contributed by atoms with Gasteiger partial charge in [-0.15, -0.1) is 0 Å². The summed E-state index contributed by atoms with van der Waals surface area (Å²) in [6, 6.07) is 0.354. The molecular formula is C15H24N2O3. The first-order chi connectivity index (χ1) is 9.76. The van der Waals surface area contributed by atoms with Crippen LogP contribution in [0.4, 0.5) is 0 Å². The highest BCUT2D eigenvalue weighted by molar-refractivity contribution is 5.82. The second-order valence-corrected chi connectivity index (χ2v) is 6.76. The van der Waals surface area contributed by atoms with E-state index in [1.165, 1.54) is 12.8 Å². The van der Waals surface area contributed by atoms with Crippen molar-refractivity contribution in [1.29, 1.82) is 0 Å². The standard InChI is InChI=1S/C15H24N2O3/c18-14(12-9-13-11(16-12)3-7-19-13)17-6-8-20-15(10-17)4-1-2-5-15/h11-13,16H,1-10H2/t11-,12-,13-/m0/s1. The molecular weight excluding hydrogens is 256 g/mol. The molecule has 4 rings (SSSR count). The van der Waals surface area contributed by atoms with Crippen molar-refractivity contribution >= 4 is 5.91 Å². The highest BCUT2D eigenvalue weighted by Crippen LogP contribution is 2.36. The minimum Gasteiger partial charge on any atom is -0.376 e. The third-order valence-corrected chi connectivity index (χ3v) is 5.47. The van der Waals surface area contributed by atoms with E-state index in [9.17, 15) is 4.79 Å². The Labute approximate surface area is 120 Å². The summed E-state index contributed by atoms with van der Waals surface area (Å²) >= 11 is 0. The van der Waals surface area contributed by atoms with Crippen LogP contribution in [-0.4, -0.2) is 60.9 Å². The number of amides is 1. The lowest BCUT2D eigenvalue weighted by Gasteiger charge is -2.41. The highest BCUT2D eigenvalue weighted by atomic mass is 16.5. The summed E-state index contributed by atoms with van der Waals surface area (Å²) in [5.74, 6) is 0.262. The number of carbonyl (C=O) groups is 1. The van der Waals surface area contributed by atoms with Crippen LogP contribution < -0.4 is 5.32 Å². The van der Waals surface area contributed by atoms with E-state index in [1.54, 1.807) is 0 Å². The quantitative estimate of drug-likeness (QED) is 0.767. The molecule has 112 valence electrons. The average molecular weight is 280 g/mol. The van der Waals surface area contributed by atoms with Crippen molar-refractivity contribution in [3.05, 3.63) is 0 Å². The molecule has 3 atom stereocenters. The Hall–Kier alpha value is -0.650. The molecule has 3 heterocycles. The van der Waals surface area contributed by atoms with Crippen LogP contribution in [0.15, 0.2) is 0 Å². The number of hydrogen-bond acceptors (Lipinski definition) is 4. The van der Waals surface area contributed by atoms with Gasteiger partial charge in [-0.3, -0.25) is 4.79 Å². The predicted molar refractivity (Wildman–Crippen MR) is 73.4 cm³/mol. The number of nitrogens with zero attached hydrogens (tertiary/aromatic N) is 1. The topological polar surface area (TPSA) is 50.8 Å². The van der Waals surface area contributed by atoms with Gasteiger partial charge in [0.2, 0.25) is 5.91 Å². The molecule has 1 amide bonds. The highest BCUT2D eigenvalue weighted by Gasteiger charge is 2.45. The molecule has 1 saturated carbocycles. The summed E-state index contributed by atoms with van der Waals surface area (Å²) in [5, 5.41) is 3.47. The second-order valence-electron chi connectivity index (χ2n) is 6.76. The van der Waals surface area contributed by atoms with Crippen LogP contribution in [0.25, 0.3) is 0 Å². The summed E-state index contributed by atoms with van der Waals surface area (Å²) in [6.45, 7) is 3.07. The fourth-order valence-electron chi connectivity index (χ4n) is 4.38. The van der Waals surface area contributed by atoms with Crippen LogP contribution in [0.3, 0.4) is 0 Å². The fraction of sp³-hybridized carbons (Fsp3) is 0.933. The van der Waals surface area contributed by atoms with Crippen molar-refractivity contribution in [2.24, 2.45) is 0 Å². The van der Waals surface area contributed by atoms with E-state index < -0.39 is 0 Å². The van der Waals surface area contributed by atoms with E-state index in [1.807, 2.05) is 4.90 Å². The summed E-state index contributed by atoms with van der Waals surface area (Å²) < 4.78 is 11.7. The van der Waals surface area contributed by atoms with Gasteiger partial charge < -0.3 is 19.7 Å². The Morgan fingerprint density at radius 1 is 1.25 bits per heavy atom. The van der Waals surface area contributed by atoms with Gasteiger partial charge in [0.15, 0.2) is 0 Å². The number of nitrogens with one attached hydrogen (secondary N) is 1. The molecule has 5 heteroatoms. The first kappa shape index (κ1) is 13.0. The van der Waals surface area contributed by atoms with Crippen LogP contribution in [0.1, 0.15) is 38.5 Å². The zero-order valence-electron chi connectivity index (χ0n) is 12.0. The van der Waals surface area contributed by atoms with Gasteiger partial charge >= 0.3 is 0 Å². The third-order valence-electron chi connectivity index (χ3n) is 5.47. The monoisotopic (exact) mass is 280 g/mol. The van der Waals surface area contributed by atoms with Crippen LogP contribution >= 0.6 is 0 Å². The number of morpholine rings is 1. The molecule has 0 unspecified atom stereocenters. The van der Waals surface area contributed by atoms with E-state index >= 15 is 0 Å². The van der Waals surface area contributed by atoms with Gasteiger partial charge in [-0.05, 0) is 25.7 Å². The predicted octanol–water partition coefficient (Wildman–Crippen LogP) is 0.677. The van der Waals surface area contributed by atoms with Crippen molar-refractivity contribution < 1.29 is 14.3 Å². The number of carbonyl (C=O) groups excluding carboxylic acids is 1. The third kappa shape index (κ3) is 2.16. The maximum absolute atomic E-state index is 12.7. The van der Waals surface area contributed by atoms with Crippen LogP contribution in [0.5, 0.6) is 0 Å². The normalized spacial score (nSPS) is 39.4. The van der Waals surface area contributed by atoms with E-state index in [0.29, 0.717) is 12.6 Å². The molecule has 1 N–H and O–H groups in total. The maximum atomic E-state index is 12.7. The zero-order valence-corrected chi connectivity index (χ0v) is 12.0. The van der Waals surface area contributed by atoms with Gasteiger partial charge in [-0.1, -0.05) is 12.8 Å². The molecule has 0 bridgehead atoms. The van der Waals surface area contributed by atoms with Gasteiger partial charge in [0, 0.05) is 25.7 Å². The minimum atomic E-state index is -0.0400. The van der Waals surface area contributed by atoms with Crippen LogP contribution in [0.2, 0.25) is 0 Å². The number of rotatable bonds is 1. The van der Waals surface area contributed by atoms with Crippen LogP contribution in [-0.2, 0) is 14.3 Å². The number of ether oxygens (including phenoxy) is 2. The molecule has 5 nitrogen and oxygen atoms in total. The van der Waals surface area contributed by atoms with Crippen molar-refractivity contribution in [2.75, 3.05) is 26.3 Å². The van der Waals surface area contributed by atoms with Gasteiger partial charge in [-0.2, -0.15) is 0 Å². The smallest absolute Gasteiger partial charge is 0.239 e. The fourth-order valence-corrected chi connectivity index (χ4v) is 4.38. The lowest BCUT2D eigenvalue weighted by molar-refractivity contribution is -0.151. The van der Waals surface area contributed by atoms with Gasteiger partial charge in [0.1, 0.15) is 0 Å². The molecule has 1 aliphatic carbocycles. The lowest BCUT2D eigenvalue weighted by atomic mass is 9.99. The second kappa shape index (κ2) is 4.97. The Morgan fingerprint density at radius 3 is 2.90 bits per heavy atom. The molecule has 0 aromatic carbocycles. The van der Waals surface area contributed by atoms with Crippen molar-refractivity contribution in [3.8, 4) is 0 Å². The van der Waals surface area contributed by atoms with Gasteiger partial charge in [0.25, 0.3) is 0 Å². The number of fused-ring (bicyclic) bond motifs is 1. The largest absolute Gasteiger partial charge is 0.376 e. The summed E-state index contributed by atoms with van der Waals surface area (Å²) in [7, 11) is 0. The molecule has 4 aliphatic rings. The molecule has 3 aliphatic heterocycles.